The Morgan fingerprint density at radius 1 is 0.926 bits per heavy atom. The third-order valence-electron chi connectivity index (χ3n) is 4.81. The van der Waals surface area contributed by atoms with Crippen LogP contribution in [-0.2, 0) is 0 Å². The molecule has 1 aliphatic carbocycles. The van der Waals surface area contributed by atoms with E-state index >= 15 is 0 Å². The molecule has 0 aliphatic heterocycles. The third kappa shape index (κ3) is 7.24. The van der Waals surface area contributed by atoms with Crippen molar-refractivity contribution in [2.75, 3.05) is 0 Å². The van der Waals surface area contributed by atoms with Gasteiger partial charge in [0.15, 0.2) is 5.78 Å². The molecule has 1 nitrogen and oxygen atoms in total. The highest BCUT2D eigenvalue weighted by Crippen LogP contribution is 2.25. The fourth-order valence-corrected chi connectivity index (χ4v) is 3.16. The molecule has 2 aromatic carbocycles. The maximum absolute atomic E-state index is 13.4. The van der Waals surface area contributed by atoms with Crippen LogP contribution in [0.25, 0.3) is 0 Å². The lowest BCUT2D eigenvalue weighted by Crippen LogP contribution is -2.07. The van der Waals surface area contributed by atoms with Gasteiger partial charge in [-0.15, -0.1) is 0 Å². The van der Waals surface area contributed by atoms with Crippen molar-refractivity contribution in [1.29, 1.82) is 0 Å². The second-order valence-electron chi connectivity index (χ2n) is 6.70. The van der Waals surface area contributed by atoms with Crippen LogP contribution in [0.2, 0.25) is 0 Å². The Hall–Kier alpha value is -2.03. The van der Waals surface area contributed by atoms with Crippen molar-refractivity contribution < 1.29 is 13.6 Å². The van der Waals surface area contributed by atoms with Crippen LogP contribution in [0.4, 0.5) is 8.78 Å². The number of hydrogen-bond donors (Lipinski definition) is 0. The molecule has 1 aliphatic rings. The normalized spacial score (nSPS) is 13.7. The predicted octanol–water partition coefficient (Wildman–Crippen LogP) is 7.51. The summed E-state index contributed by atoms with van der Waals surface area (Å²) in [5, 5.41) is 0. The fourth-order valence-electron chi connectivity index (χ4n) is 3.16. The van der Waals surface area contributed by atoms with E-state index in [0.29, 0.717) is 0 Å². The molecule has 0 atom stereocenters. The standard InChI is InChI=1S/C14H10F2O.C8H16.C2H6/c1-9-5-7-10(8-6-9)14(17)13-11(15)3-2-4-12(13)16;1-2-8-6-4-3-5-7-8;1-2/h2-8H,1H3;8H,2-7H2,1H3;1-2H3. The van der Waals surface area contributed by atoms with Gasteiger partial charge in [-0.1, -0.05) is 95.2 Å². The monoisotopic (exact) mass is 374 g/mol. The van der Waals surface area contributed by atoms with Gasteiger partial charge in [0.25, 0.3) is 0 Å². The van der Waals surface area contributed by atoms with Gasteiger partial charge in [0, 0.05) is 5.56 Å². The van der Waals surface area contributed by atoms with Gasteiger partial charge in [-0.3, -0.25) is 4.79 Å². The van der Waals surface area contributed by atoms with E-state index < -0.39 is 23.0 Å². The molecule has 0 aromatic heterocycles. The number of rotatable bonds is 3. The van der Waals surface area contributed by atoms with Crippen molar-refractivity contribution in [3.05, 3.63) is 70.8 Å². The molecule has 0 N–H and O–H groups in total. The van der Waals surface area contributed by atoms with Crippen LogP contribution in [0.5, 0.6) is 0 Å². The van der Waals surface area contributed by atoms with E-state index in [2.05, 4.69) is 6.92 Å². The van der Waals surface area contributed by atoms with E-state index in [1.54, 1.807) is 24.3 Å². The summed E-state index contributed by atoms with van der Waals surface area (Å²) in [4.78, 5) is 11.9. The van der Waals surface area contributed by atoms with Crippen molar-refractivity contribution in [3.63, 3.8) is 0 Å². The molecule has 0 unspecified atom stereocenters. The first-order valence-electron chi connectivity index (χ1n) is 10.1. The number of benzene rings is 2. The maximum Gasteiger partial charge on any atom is 0.198 e. The molecule has 3 rings (SSSR count). The van der Waals surface area contributed by atoms with Crippen molar-refractivity contribution in [2.45, 2.75) is 66.2 Å². The summed E-state index contributed by atoms with van der Waals surface area (Å²) in [5.41, 5.74) is 0.756. The van der Waals surface area contributed by atoms with Crippen molar-refractivity contribution in [2.24, 2.45) is 5.92 Å². The lowest BCUT2D eigenvalue weighted by atomic mass is 9.88. The van der Waals surface area contributed by atoms with E-state index in [4.69, 9.17) is 0 Å². The minimum absolute atomic E-state index is 0.277. The minimum atomic E-state index is -0.837. The number of carbonyl (C=O) groups is 1. The largest absolute Gasteiger partial charge is 0.288 e. The van der Waals surface area contributed by atoms with Gasteiger partial charge in [0.2, 0.25) is 0 Å². The summed E-state index contributed by atoms with van der Waals surface area (Å²) in [6, 6.07) is 9.96. The second kappa shape index (κ2) is 12.4. The Morgan fingerprint density at radius 3 is 1.89 bits per heavy atom. The number of hydrogen-bond acceptors (Lipinski definition) is 1. The number of halogens is 2. The van der Waals surface area contributed by atoms with Gasteiger partial charge in [-0.2, -0.15) is 0 Å². The smallest absolute Gasteiger partial charge is 0.198 e. The van der Waals surface area contributed by atoms with E-state index in [-0.39, 0.29) is 5.56 Å². The minimum Gasteiger partial charge on any atom is -0.288 e. The summed E-state index contributed by atoms with van der Waals surface area (Å²) in [7, 11) is 0. The van der Waals surface area contributed by atoms with Crippen LogP contribution >= 0.6 is 0 Å². The topological polar surface area (TPSA) is 17.1 Å². The molecule has 0 bridgehead atoms. The molecule has 0 radical (unpaired) electrons. The summed E-state index contributed by atoms with van der Waals surface area (Å²) in [6.07, 6.45) is 8.93. The van der Waals surface area contributed by atoms with Crippen molar-refractivity contribution >= 4 is 5.78 Å². The Morgan fingerprint density at radius 2 is 1.44 bits per heavy atom. The van der Waals surface area contributed by atoms with Crippen molar-refractivity contribution in [3.8, 4) is 0 Å². The highest BCUT2D eigenvalue weighted by Gasteiger charge is 2.18. The van der Waals surface area contributed by atoms with Crippen LogP contribution in [-0.4, -0.2) is 5.78 Å². The molecular weight excluding hydrogens is 342 g/mol. The summed E-state index contributed by atoms with van der Waals surface area (Å²) >= 11 is 0. The molecule has 148 valence electrons. The third-order valence-corrected chi connectivity index (χ3v) is 4.81. The van der Waals surface area contributed by atoms with E-state index in [1.807, 2.05) is 20.8 Å². The first-order valence-corrected chi connectivity index (χ1v) is 10.1. The van der Waals surface area contributed by atoms with Crippen LogP contribution in [0.3, 0.4) is 0 Å². The molecule has 1 fully saturated rings. The molecule has 27 heavy (non-hydrogen) atoms. The van der Waals surface area contributed by atoms with Crippen LogP contribution in [0, 0.1) is 24.5 Å². The Balaban J connectivity index is 0.000000305. The SMILES string of the molecule is CC.CCC1CCCCC1.Cc1ccc(C(=O)c2c(F)cccc2F)cc1. The average molecular weight is 375 g/mol. The van der Waals surface area contributed by atoms with Gasteiger partial charge in [-0.05, 0) is 25.0 Å². The first-order chi connectivity index (χ1) is 13.0. The zero-order chi connectivity index (χ0) is 20.2. The molecule has 0 spiro atoms. The van der Waals surface area contributed by atoms with E-state index in [0.717, 1.165) is 23.6 Å². The van der Waals surface area contributed by atoms with Crippen LogP contribution < -0.4 is 0 Å². The molecule has 0 heterocycles. The highest BCUT2D eigenvalue weighted by molar-refractivity contribution is 6.09. The predicted molar refractivity (Wildman–Crippen MR) is 109 cm³/mol. The lowest BCUT2D eigenvalue weighted by Gasteiger charge is -2.18. The maximum atomic E-state index is 13.4. The zero-order valence-corrected chi connectivity index (χ0v) is 17.0. The molecule has 3 heteroatoms. The fraction of sp³-hybridized carbons (Fsp3) is 0.458. The highest BCUT2D eigenvalue weighted by atomic mass is 19.1. The van der Waals surface area contributed by atoms with Crippen LogP contribution in [0.1, 0.15) is 80.8 Å². The molecule has 0 saturated heterocycles. The zero-order valence-electron chi connectivity index (χ0n) is 17.0. The summed E-state index contributed by atoms with van der Waals surface area (Å²) < 4.78 is 26.8. The number of ketones is 1. The second-order valence-corrected chi connectivity index (χ2v) is 6.70. The number of carbonyl (C=O) groups excluding carboxylic acids is 1. The average Bonchev–Trinajstić information content (AvgIpc) is 2.71. The first kappa shape index (κ1) is 23.0. The Labute approximate surface area is 162 Å². The van der Waals surface area contributed by atoms with Gasteiger partial charge < -0.3 is 0 Å². The number of aryl methyl sites for hydroxylation is 1. The van der Waals surface area contributed by atoms with Gasteiger partial charge in [0.1, 0.15) is 11.6 Å². The van der Waals surface area contributed by atoms with E-state index in [9.17, 15) is 13.6 Å². The Kier molecular flexibility index (Phi) is 10.5. The molecular formula is C24H32F2O. The van der Waals surface area contributed by atoms with Gasteiger partial charge in [-0.25, -0.2) is 8.78 Å². The molecule has 1 saturated carbocycles. The molecule has 0 amide bonds. The lowest BCUT2D eigenvalue weighted by molar-refractivity contribution is 0.103. The quantitative estimate of drug-likeness (QED) is 0.508. The van der Waals surface area contributed by atoms with Gasteiger partial charge >= 0.3 is 0 Å². The van der Waals surface area contributed by atoms with Gasteiger partial charge in [0.05, 0.1) is 5.56 Å². The molecule has 2 aromatic rings. The van der Waals surface area contributed by atoms with Crippen LogP contribution in [0.15, 0.2) is 42.5 Å². The summed E-state index contributed by atoms with van der Waals surface area (Å²) in [5.74, 6) is -1.23. The van der Waals surface area contributed by atoms with Crippen molar-refractivity contribution in [1.82, 2.24) is 0 Å². The Bertz CT molecular complexity index is 666. The van der Waals surface area contributed by atoms with E-state index in [1.165, 1.54) is 44.6 Å². The summed E-state index contributed by atoms with van der Waals surface area (Å²) in [6.45, 7) is 8.19.